The third-order valence-electron chi connectivity index (χ3n) is 1.51. The summed E-state index contributed by atoms with van der Waals surface area (Å²) in [7, 11) is -1.56. The molecule has 0 aromatic carbocycles. The molecular formula is C8H18O3Si. The molecule has 4 heteroatoms. The van der Waals surface area contributed by atoms with Crippen molar-refractivity contribution in [3.63, 3.8) is 0 Å². The molecule has 12 heavy (non-hydrogen) atoms. The summed E-state index contributed by atoms with van der Waals surface area (Å²) >= 11 is 0. The third kappa shape index (κ3) is 3.22. The van der Waals surface area contributed by atoms with Crippen LogP contribution in [-0.2, 0) is 14.2 Å². The van der Waals surface area contributed by atoms with E-state index in [-0.39, 0.29) is 5.79 Å². The molecule has 0 aromatic rings. The standard InChI is InChI=1S/C8H18O3Si/c1-5-9-8(6-7-8)10-11-12(2,3)4/h5-7H2,1-4H3. The molecule has 3 nitrogen and oxygen atoms in total. The van der Waals surface area contributed by atoms with Crippen LogP contribution >= 0.6 is 0 Å². The van der Waals surface area contributed by atoms with Gasteiger partial charge in [0.1, 0.15) is 0 Å². The predicted molar refractivity (Wildman–Crippen MR) is 49.1 cm³/mol. The van der Waals surface area contributed by atoms with Crippen molar-refractivity contribution in [1.82, 2.24) is 0 Å². The fourth-order valence-corrected chi connectivity index (χ4v) is 1.22. The molecule has 72 valence electrons. The van der Waals surface area contributed by atoms with Gasteiger partial charge in [-0.2, -0.15) is 0 Å². The lowest BCUT2D eigenvalue weighted by Gasteiger charge is -2.21. The highest BCUT2D eigenvalue weighted by atomic mass is 28.4. The van der Waals surface area contributed by atoms with E-state index in [0.29, 0.717) is 6.61 Å². The van der Waals surface area contributed by atoms with Crippen molar-refractivity contribution in [3.05, 3.63) is 0 Å². The fourth-order valence-electron chi connectivity index (χ4n) is 0.818. The maximum absolute atomic E-state index is 5.41. The summed E-state index contributed by atoms with van der Waals surface area (Å²) in [6.45, 7) is 8.94. The first-order valence-corrected chi connectivity index (χ1v) is 7.89. The number of rotatable bonds is 5. The van der Waals surface area contributed by atoms with Crippen LogP contribution in [0.5, 0.6) is 0 Å². The first kappa shape index (κ1) is 10.2. The molecule has 0 unspecified atom stereocenters. The smallest absolute Gasteiger partial charge is 0.230 e. The molecular weight excluding hydrogens is 172 g/mol. The maximum atomic E-state index is 5.41. The highest BCUT2D eigenvalue weighted by Gasteiger charge is 2.47. The largest absolute Gasteiger partial charge is 0.348 e. The summed E-state index contributed by atoms with van der Waals surface area (Å²) in [5, 5.41) is 0. The van der Waals surface area contributed by atoms with Gasteiger partial charge in [-0.05, 0) is 26.6 Å². The Morgan fingerprint density at radius 1 is 1.25 bits per heavy atom. The molecule has 0 heterocycles. The molecule has 1 rings (SSSR count). The quantitative estimate of drug-likeness (QED) is 0.288. The molecule has 1 saturated carbocycles. The van der Waals surface area contributed by atoms with Gasteiger partial charge in [-0.1, -0.05) is 0 Å². The lowest BCUT2D eigenvalue weighted by Crippen LogP contribution is -2.30. The topological polar surface area (TPSA) is 27.7 Å². The van der Waals surface area contributed by atoms with Crippen molar-refractivity contribution in [3.8, 4) is 0 Å². The van der Waals surface area contributed by atoms with Crippen LogP contribution in [0.4, 0.5) is 0 Å². The number of hydrogen-bond donors (Lipinski definition) is 0. The van der Waals surface area contributed by atoms with E-state index in [4.69, 9.17) is 14.2 Å². The van der Waals surface area contributed by atoms with E-state index in [0.717, 1.165) is 12.8 Å². The number of hydrogen-bond acceptors (Lipinski definition) is 3. The molecule has 0 radical (unpaired) electrons. The lowest BCUT2D eigenvalue weighted by atomic mass is 10.7. The molecule has 0 bridgehead atoms. The predicted octanol–water partition coefficient (Wildman–Crippen LogP) is 2.30. The van der Waals surface area contributed by atoms with Gasteiger partial charge in [-0.15, -0.1) is 0 Å². The van der Waals surface area contributed by atoms with E-state index in [9.17, 15) is 0 Å². The van der Waals surface area contributed by atoms with Crippen molar-refractivity contribution in [1.29, 1.82) is 0 Å². The summed E-state index contributed by atoms with van der Waals surface area (Å²) in [6.07, 6.45) is 1.93. The summed E-state index contributed by atoms with van der Waals surface area (Å²) < 4.78 is 10.7. The molecule has 0 amide bonds. The second kappa shape index (κ2) is 3.45. The van der Waals surface area contributed by atoms with Gasteiger partial charge in [-0.3, -0.25) is 4.58 Å². The van der Waals surface area contributed by atoms with E-state index < -0.39 is 8.32 Å². The fraction of sp³-hybridized carbons (Fsp3) is 1.00. The molecule has 0 aliphatic heterocycles. The van der Waals surface area contributed by atoms with E-state index in [2.05, 4.69) is 19.6 Å². The van der Waals surface area contributed by atoms with Crippen LogP contribution in [0.15, 0.2) is 0 Å². The van der Waals surface area contributed by atoms with Crippen LogP contribution in [-0.4, -0.2) is 20.7 Å². The highest BCUT2D eigenvalue weighted by molar-refractivity contribution is 6.69. The van der Waals surface area contributed by atoms with Crippen molar-refractivity contribution >= 4 is 8.32 Å². The van der Waals surface area contributed by atoms with Crippen molar-refractivity contribution in [2.45, 2.75) is 45.2 Å². The minimum absolute atomic E-state index is 0.380. The Labute approximate surface area is 75.1 Å². The van der Waals surface area contributed by atoms with Gasteiger partial charge in [0, 0.05) is 19.4 Å². The van der Waals surface area contributed by atoms with Gasteiger partial charge in [0.25, 0.3) is 0 Å². The lowest BCUT2D eigenvalue weighted by molar-refractivity contribution is -0.343. The third-order valence-corrected chi connectivity index (χ3v) is 2.09. The van der Waals surface area contributed by atoms with Crippen LogP contribution in [0.2, 0.25) is 19.6 Å². The van der Waals surface area contributed by atoms with Gasteiger partial charge in [0.15, 0.2) is 0 Å². The van der Waals surface area contributed by atoms with Crippen molar-refractivity contribution < 1.29 is 14.2 Å². The van der Waals surface area contributed by atoms with Crippen molar-refractivity contribution in [2.75, 3.05) is 6.61 Å². The monoisotopic (exact) mass is 190 g/mol. The van der Waals surface area contributed by atoms with Gasteiger partial charge >= 0.3 is 0 Å². The Morgan fingerprint density at radius 3 is 2.17 bits per heavy atom. The van der Waals surface area contributed by atoms with E-state index >= 15 is 0 Å². The molecule has 1 aliphatic carbocycles. The van der Waals surface area contributed by atoms with Crippen molar-refractivity contribution in [2.24, 2.45) is 0 Å². The molecule has 0 N–H and O–H groups in total. The van der Waals surface area contributed by atoms with Crippen LogP contribution < -0.4 is 0 Å². The van der Waals surface area contributed by atoms with Crippen LogP contribution in [0.1, 0.15) is 19.8 Å². The van der Waals surface area contributed by atoms with E-state index in [1.807, 2.05) is 6.92 Å². The normalized spacial score (nSPS) is 21.0. The molecule has 1 fully saturated rings. The average Bonchev–Trinajstić information content (AvgIpc) is 2.65. The van der Waals surface area contributed by atoms with E-state index in [1.165, 1.54) is 0 Å². The Morgan fingerprint density at radius 2 is 1.83 bits per heavy atom. The van der Waals surface area contributed by atoms with Gasteiger partial charge in [0.2, 0.25) is 14.1 Å². The number of ether oxygens (including phenoxy) is 1. The van der Waals surface area contributed by atoms with Crippen LogP contribution in [0.3, 0.4) is 0 Å². The second-order valence-electron chi connectivity index (χ2n) is 4.12. The minimum Gasteiger partial charge on any atom is -0.348 e. The van der Waals surface area contributed by atoms with Gasteiger partial charge < -0.3 is 4.74 Å². The molecule has 1 aliphatic rings. The molecule has 0 aromatic heterocycles. The Balaban J connectivity index is 2.22. The molecule has 0 saturated heterocycles. The molecule has 0 atom stereocenters. The SMILES string of the molecule is CCOC1(OO[Si](C)(C)C)CC1. The van der Waals surface area contributed by atoms with Gasteiger partial charge in [-0.25, -0.2) is 4.89 Å². The Kier molecular flexibility index (Phi) is 2.93. The van der Waals surface area contributed by atoms with Crippen LogP contribution in [0, 0.1) is 0 Å². The zero-order valence-corrected chi connectivity index (χ0v) is 9.35. The average molecular weight is 190 g/mol. The zero-order chi connectivity index (χ0) is 9.24. The van der Waals surface area contributed by atoms with Gasteiger partial charge in [0.05, 0.1) is 0 Å². The maximum Gasteiger partial charge on any atom is 0.230 e. The summed E-state index contributed by atoms with van der Waals surface area (Å²) in [4.78, 5) is 5.28. The highest BCUT2D eigenvalue weighted by Crippen LogP contribution is 2.41. The molecule has 0 spiro atoms. The van der Waals surface area contributed by atoms with E-state index in [1.54, 1.807) is 0 Å². The Bertz CT molecular complexity index is 149. The second-order valence-corrected chi connectivity index (χ2v) is 8.51. The Hall–Kier alpha value is 0.0969. The van der Waals surface area contributed by atoms with Crippen LogP contribution in [0.25, 0.3) is 0 Å². The summed E-state index contributed by atoms with van der Waals surface area (Å²) in [5.74, 6) is -0.380. The minimum atomic E-state index is -1.56. The first-order chi connectivity index (χ1) is 5.47. The summed E-state index contributed by atoms with van der Waals surface area (Å²) in [6, 6.07) is 0. The summed E-state index contributed by atoms with van der Waals surface area (Å²) in [5.41, 5.74) is 0. The first-order valence-electron chi connectivity index (χ1n) is 4.48. The zero-order valence-electron chi connectivity index (χ0n) is 8.35.